The van der Waals surface area contributed by atoms with Crippen LogP contribution in [0.3, 0.4) is 0 Å². The van der Waals surface area contributed by atoms with Crippen LogP contribution in [0.1, 0.15) is 21.6 Å². The van der Waals surface area contributed by atoms with Crippen molar-refractivity contribution in [2.45, 2.75) is 6.92 Å². The average molecular weight is 303 g/mol. The molecule has 1 aromatic heterocycles. The van der Waals surface area contributed by atoms with Gasteiger partial charge in [-0.3, -0.25) is 9.59 Å². The molecule has 112 valence electrons. The maximum atomic E-state index is 12.4. The van der Waals surface area contributed by atoms with E-state index in [4.69, 9.17) is 5.26 Å². The Bertz CT molecular complexity index is 1010. The molecule has 3 rings (SSSR count). The molecule has 2 aromatic carbocycles. The number of H-pyrrole nitrogens is 1. The number of amides is 1. The van der Waals surface area contributed by atoms with Gasteiger partial charge in [0.1, 0.15) is 6.07 Å². The first kappa shape index (κ1) is 14.5. The van der Waals surface area contributed by atoms with E-state index in [0.29, 0.717) is 27.7 Å². The molecule has 3 aromatic rings. The van der Waals surface area contributed by atoms with Gasteiger partial charge in [0.25, 0.3) is 5.91 Å². The Kier molecular flexibility index (Phi) is 3.65. The minimum absolute atomic E-state index is 0.136. The molecule has 0 fully saturated rings. The van der Waals surface area contributed by atoms with Gasteiger partial charge in [-0.25, -0.2) is 0 Å². The lowest BCUT2D eigenvalue weighted by atomic mass is 10.1. The van der Waals surface area contributed by atoms with Crippen molar-refractivity contribution in [2.75, 3.05) is 5.32 Å². The number of rotatable bonds is 2. The summed E-state index contributed by atoms with van der Waals surface area (Å²) in [5.74, 6) is -0.366. The van der Waals surface area contributed by atoms with E-state index in [0.717, 1.165) is 5.69 Å². The summed E-state index contributed by atoms with van der Waals surface area (Å²) in [4.78, 5) is 27.5. The molecule has 23 heavy (non-hydrogen) atoms. The first-order valence-corrected chi connectivity index (χ1v) is 7.02. The smallest absolute Gasteiger partial charge is 0.255 e. The van der Waals surface area contributed by atoms with Crippen molar-refractivity contribution < 1.29 is 4.79 Å². The zero-order valence-corrected chi connectivity index (χ0v) is 12.4. The Labute approximate surface area is 132 Å². The van der Waals surface area contributed by atoms with Gasteiger partial charge in [-0.2, -0.15) is 5.26 Å². The number of nitriles is 1. The van der Waals surface area contributed by atoms with Crippen LogP contribution in [0.5, 0.6) is 0 Å². The summed E-state index contributed by atoms with van der Waals surface area (Å²) in [6.45, 7) is 1.81. The molecule has 0 saturated heterocycles. The summed E-state index contributed by atoms with van der Waals surface area (Å²) in [7, 11) is 0. The van der Waals surface area contributed by atoms with Crippen LogP contribution < -0.4 is 10.7 Å². The molecule has 0 aliphatic carbocycles. The molecule has 0 bridgehead atoms. The highest BCUT2D eigenvalue weighted by Crippen LogP contribution is 2.16. The fourth-order valence-electron chi connectivity index (χ4n) is 2.41. The van der Waals surface area contributed by atoms with Crippen molar-refractivity contribution in [3.05, 3.63) is 75.6 Å². The largest absolute Gasteiger partial charge is 0.358 e. The minimum Gasteiger partial charge on any atom is -0.358 e. The number of benzene rings is 2. The monoisotopic (exact) mass is 303 g/mol. The zero-order valence-electron chi connectivity index (χ0n) is 12.4. The van der Waals surface area contributed by atoms with Crippen LogP contribution in [0.15, 0.2) is 53.3 Å². The minimum atomic E-state index is -0.366. The average Bonchev–Trinajstić information content (AvgIpc) is 2.55. The molecule has 0 saturated carbocycles. The highest BCUT2D eigenvalue weighted by Gasteiger charge is 2.10. The molecular weight excluding hydrogens is 290 g/mol. The van der Waals surface area contributed by atoms with Gasteiger partial charge in [0.05, 0.1) is 11.3 Å². The summed E-state index contributed by atoms with van der Waals surface area (Å²) in [6.07, 6.45) is 0. The number of aryl methyl sites for hydroxylation is 1. The normalized spacial score (nSPS) is 10.3. The lowest BCUT2D eigenvalue weighted by molar-refractivity contribution is 0.102. The maximum Gasteiger partial charge on any atom is 0.255 e. The van der Waals surface area contributed by atoms with Crippen LogP contribution in [0, 0.1) is 18.3 Å². The number of nitrogens with one attached hydrogen (secondary N) is 2. The van der Waals surface area contributed by atoms with Crippen LogP contribution in [0.25, 0.3) is 10.9 Å². The molecule has 0 atom stereocenters. The van der Waals surface area contributed by atoms with Gasteiger partial charge in [0, 0.05) is 28.2 Å². The standard InChI is InChI=1S/C18H13N3O2/c1-11-8-17(22)14-9-12(6-7-16(14)20-11)18(23)21-15-5-3-2-4-13(15)10-19/h2-9H,1H3,(H,20,22)(H,21,23). The van der Waals surface area contributed by atoms with Gasteiger partial charge in [-0.05, 0) is 37.3 Å². The van der Waals surface area contributed by atoms with Crippen LogP contribution in [-0.4, -0.2) is 10.9 Å². The Hall–Kier alpha value is -3.39. The number of anilines is 1. The van der Waals surface area contributed by atoms with E-state index in [1.807, 2.05) is 6.07 Å². The first-order chi connectivity index (χ1) is 11.1. The number of hydrogen-bond acceptors (Lipinski definition) is 3. The lowest BCUT2D eigenvalue weighted by Gasteiger charge is -2.08. The summed E-state index contributed by atoms with van der Waals surface area (Å²) < 4.78 is 0. The van der Waals surface area contributed by atoms with E-state index < -0.39 is 0 Å². The lowest BCUT2D eigenvalue weighted by Crippen LogP contribution is -2.14. The number of fused-ring (bicyclic) bond motifs is 1. The Morgan fingerprint density at radius 1 is 1.17 bits per heavy atom. The summed E-state index contributed by atoms with van der Waals surface area (Å²) >= 11 is 0. The molecule has 0 spiro atoms. The van der Waals surface area contributed by atoms with Crippen LogP contribution in [0.2, 0.25) is 0 Å². The molecule has 2 N–H and O–H groups in total. The summed E-state index contributed by atoms with van der Waals surface area (Å²) in [6, 6.07) is 15.2. The third-order valence-electron chi connectivity index (χ3n) is 3.52. The van der Waals surface area contributed by atoms with Crippen LogP contribution in [-0.2, 0) is 0 Å². The zero-order chi connectivity index (χ0) is 16.4. The number of para-hydroxylation sites is 1. The Morgan fingerprint density at radius 2 is 1.96 bits per heavy atom. The van der Waals surface area contributed by atoms with Gasteiger partial charge in [0.15, 0.2) is 5.43 Å². The van der Waals surface area contributed by atoms with E-state index in [1.165, 1.54) is 6.07 Å². The fourth-order valence-corrected chi connectivity index (χ4v) is 2.41. The fraction of sp³-hybridized carbons (Fsp3) is 0.0556. The van der Waals surface area contributed by atoms with Crippen LogP contribution in [0.4, 0.5) is 5.69 Å². The quantitative estimate of drug-likeness (QED) is 0.763. The van der Waals surface area contributed by atoms with E-state index in [1.54, 1.807) is 49.4 Å². The van der Waals surface area contributed by atoms with Gasteiger partial charge < -0.3 is 10.3 Å². The second kappa shape index (κ2) is 5.78. The molecule has 0 aliphatic rings. The Balaban J connectivity index is 1.99. The van der Waals surface area contributed by atoms with Crippen molar-refractivity contribution >= 4 is 22.5 Å². The topological polar surface area (TPSA) is 85.8 Å². The van der Waals surface area contributed by atoms with Crippen molar-refractivity contribution in [3.8, 4) is 6.07 Å². The molecule has 5 nitrogen and oxygen atoms in total. The SMILES string of the molecule is Cc1cc(=O)c2cc(C(=O)Nc3ccccc3C#N)ccc2[nH]1. The first-order valence-electron chi connectivity index (χ1n) is 7.02. The predicted molar refractivity (Wildman–Crippen MR) is 88.4 cm³/mol. The third kappa shape index (κ3) is 2.83. The molecule has 1 heterocycles. The number of pyridine rings is 1. The van der Waals surface area contributed by atoms with E-state index >= 15 is 0 Å². The molecule has 0 aliphatic heterocycles. The second-order valence-corrected chi connectivity index (χ2v) is 5.19. The summed E-state index contributed by atoms with van der Waals surface area (Å²) in [5.41, 5.74) is 2.50. The Morgan fingerprint density at radius 3 is 2.74 bits per heavy atom. The van der Waals surface area contributed by atoms with E-state index in [9.17, 15) is 9.59 Å². The van der Waals surface area contributed by atoms with Crippen molar-refractivity contribution in [1.82, 2.24) is 4.98 Å². The number of aromatic amines is 1. The van der Waals surface area contributed by atoms with Gasteiger partial charge in [-0.15, -0.1) is 0 Å². The van der Waals surface area contributed by atoms with Gasteiger partial charge in [0.2, 0.25) is 0 Å². The number of nitrogens with zero attached hydrogens (tertiary/aromatic N) is 1. The molecular formula is C18H13N3O2. The second-order valence-electron chi connectivity index (χ2n) is 5.19. The van der Waals surface area contributed by atoms with Gasteiger partial charge >= 0.3 is 0 Å². The van der Waals surface area contributed by atoms with Crippen molar-refractivity contribution in [3.63, 3.8) is 0 Å². The number of carbonyl (C=O) groups excluding carboxylic acids is 1. The molecule has 0 radical (unpaired) electrons. The predicted octanol–water partition coefficient (Wildman–Crippen LogP) is 2.96. The highest BCUT2D eigenvalue weighted by atomic mass is 16.1. The number of aromatic nitrogens is 1. The number of carbonyl (C=O) groups is 1. The van der Waals surface area contributed by atoms with Gasteiger partial charge in [-0.1, -0.05) is 12.1 Å². The molecule has 0 unspecified atom stereocenters. The van der Waals surface area contributed by atoms with E-state index in [2.05, 4.69) is 10.3 Å². The molecule has 5 heteroatoms. The third-order valence-corrected chi connectivity index (χ3v) is 3.52. The maximum absolute atomic E-state index is 12.4. The number of hydrogen-bond donors (Lipinski definition) is 2. The molecule has 1 amide bonds. The van der Waals surface area contributed by atoms with Crippen LogP contribution >= 0.6 is 0 Å². The van der Waals surface area contributed by atoms with Crippen molar-refractivity contribution in [2.24, 2.45) is 0 Å². The van der Waals surface area contributed by atoms with E-state index in [-0.39, 0.29) is 11.3 Å². The summed E-state index contributed by atoms with van der Waals surface area (Å²) in [5, 5.41) is 12.2. The van der Waals surface area contributed by atoms with Crippen molar-refractivity contribution in [1.29, 1.82) is 5.26 Å². The highest BCUT2D eigenvalue weighted by molar-refractivity contribution is 6.06.